The number of H-pyrrole nitrogens is 1. The van der Waals surface area contributed by atoms with E-state index in [1.54, 1.807) is 0 Å². The van der Waals surface area contributed by atoms with Crippen LogP contribution in [0.4, 0.5) is 0 Å². The van der Waals surface area contributed by atoms with Gasteiger partial charge in [0.05, 0.1) is 5.54 Å². The fraction of sp³-hybridized carbons (Fsp3) is 0.545. The molecular weight excluding hydrogens is 190 g/mol. The second-order valence-electron chi connectivity index (χ2n) is 4.46. The van der Waals surface area contributed by atoms with Crippen LogP contribution in [0, 0.1) is 5.92 Å². The fourth-order valence-electron chi connectivity index (χ4n) is 1.71. The summed E-state index contributed by atoms with van der Waals surface area (Å²) in [5.74, 6) is 0.315. The molecule has 4 heteroatoms. The SMILES string of the molecule is CC(N)(C(=O)NCc1cc[nH]c1)C1CC1. The second kappa shape index (κ2) is 3.70. The molecule has 1 atom stereocenters. The van der Waals surface area contributed by atoms with Gasteiger partial charge in [-0.15, -0.1) is 0 Å². The van der Waals surface area contributed by atoms with Gasteiger partial charge in [0.15, 0.2) is 0 Å². The zero-order chi connectivity index (χ0) is 10.9. The summed E-state index contributed by atoms with van der Waals surface area (Å²) in [5.41, 5.74) is 6.35. The van der Waals surface area contributed by atoms with Gasteiger partial charge in [0.1, 0.15) is 0 Å². The molecule has 1 fully saturated rings. The van der Waals surface area contributed by atoms with E-state index in [1.165, 1.54) is 0 Å². The molecule has 4 nitrogen and oxygen atoms in total. The van der Waals surface area contributed by atoms with E-state index in [-0.39, 0.29) is 5.91 Å². The quantitative estimate of drug-likeness (QED) is 0.682. The van der Waals surface area contributed by atoms with Gasteiger partial charge >= 0.3 is 0 Å². The van der Waals surface area contributed by atoms with Crippen molar-refractivity contribution in [3.8, 4) is 0 Å². The molecule has 1 aliphatic rings. The van der Waals surface area contributed by atoms with Crippen LogP contribution in [0.5, 0.6) is 0 Å². The Morgan fingerprint density at radius 3 is 3.00 bits per heavy atom. The zero-order valence-corrected chi connectivity index (χ0v) is 8.92. The molecule has 1 aromatic heterocycles. The standard InChI is InChI=1S/C11H17N3O/c1-11(12,9-2-3-9)10(15)14-7-8-4-5-13-6-8/h4-6,9,13H,2-3,7,12H2,1H3,(H,14,15). The first kappa shape index (κ1) is 10.2. The summed E-state index contributed by atoms with van der Waals surface area (Å²) < 4.78 is 0. The highest BCUT2D eigenvalue weighted by molar-refractivity contribution is 5.86. The van der Waals surface area contributed by atoms with Crippen molar-refractivity contribution in [3.05, 3.63) is 24.0 Å². The van der Waals surface area contributed by atoms with Gasteiger partial charge in [-0.05, 0) is 37.3 Å². The Morgan fingerprint density at radius 2 is 2.47 bits per heavy atom. The van der Waals surface area contributed by atoms with Crippen molar-refractivity contribution in [3.63, 3.8) is 0 Å². The van der Waals surface area contributed by atoms with Gasteiger partial charge in [0.25, 0.3) is 0 Å². The predicted octanol–water partition coefficient (Wildman–Crippen LogP) is 0.758. The van der Waals surface area contributed by atoms with Gasteiger partial charge < -0.3 is 16.0 Å². The van der Waals surface area contributed by atoms with E-state index in [0.717, 1.165) is 18.4 Å². The van der Waals surface area contributed by atoms with Gasteiger partial charge in [-0.25, -0.2) is 0 Å². The van der Waals surface area contributed by atoms with Crippen LogP contribution < -0.4 is 11.1 Å². The molecule has 1 aliphatic carbocycles. The molecule has 1 unspecified atom stereocenters. The first-order valence-electron chi connectivity index (χ1n) is 5.29. The zero-order valence-electron chi connectivity index (χ0n) is 8.92. The second-order valence-corrected chi connectivity index (χ2v) is 4.46. The number of aromatic amines is 1. The molecule has 1 amide bonds. The van der Waals surface area contributed by atoms with Crippen molar-refractivity contribution >= 4 is 5.91 Å². The highest BCUT2D eigenvalue weighted by atomic mass is 16.2. The highest BCUT2D eigenvalue weighted by Crippen LogP contribution is 2.38. The first-order valence-corrected chi connectivity index (χ1v) is 5.29. The van der Waals surface area contributed by atoms with E-state index in [4.69, 9.17) is 5.73 Å². The third kappa shape index (κ3) is 2.21. The molecule has 4 N–H and O–H groups in total. The lowest BCUT2D eigenvalue weighted by atomic mass is 9.96. The molecule has 0 radical (unpaired) electrons. The molecule has 0 bridgehead atoms. The highest BCUT2D eigenvalue weighted by Gasteiger charge is 2.43. The number of carbonyl (C=O) groups is 1. The summed E-state index contributed by atoms with van der Waals surface area (Å²) in [4.78, 5) is 14.7. The normalized spacial score (nSPS) is 19.6. The minimum absolute atomic E-state index is 0.0498. The van der Waals surface area contributed by atoms with E-state index in [9.17, 15) is 4.79 Å². The topological polar surface area (TPSA) is 70.9 Å². The van der Waals surface area contributed by atoms with Crippen molar-refractivity contribution in [1.29, 1.82) is 0 Å². The van der Waals surface area contributed by atoms with Gasteiger partial charge in [-0.1, -0.05) is 0 Å². The molecule has 1 heterocycles. The molecule has 2 rings (SSSR count). The van der Waals surface area contributed by atoms with Gasteiger partial charge in [0.2, 0.25) is 5.91 Å². The maximum Gasteiger partial charge on any atom is 0.240 e. The van der Waals surface area contributed by atoms with E-state index in [0.29, 0.717) is 12.5 Å². The lowest BCUT2D eigenvalue weighted by Crippen LogP contribution is -2.53. The summed E-state index contributed by atoms with van der Waals surface area (Å²) in [6.07, 6.45) is 5.85. The number of rotatable bonds is 4. The molecule has 0 saturated heterocycles. The maximum absolute atomic E-state index is 11.8. The van der Waals surface area contributed by atoms with Crippen LogP contribution in [0.3, 0.4) is 0 Å². The number of nitrogens with two attached hydrogens (primary N) is 1. The third-order valence-corrected chi connectivity index (χ3v) is 3.03. The van der Waals surface area contributed by atoms with Crippen molar-refractivity contribution in [2.45, 2.75) is 31.8 Å². The molecule has 0 aromatic carbocycles. The Kier molecular flexibility index (Phi) is 2.52. The smallest absolute Gasteiger partial charge is 0.240 e. The fourth-order valence-corrected chi connectivity index (χ4v) is 1.71. The minimum Gasteiger partial charge on any atom is -0.367 e. The average molecular weight is 207 g/mol. The molecule has 82 valence electrons. The Hall–Kier alpha value is -1.29. The van der Waals surface area contributed by atoms with E-state index < -0.39 is 5.54 Å². The Morgan fingerprint density at radius 1 is 1.73 bits per heavy atom. The maximum atomic E-state index is 11.8. The summed E-state index contributed by atoms with van der Waals surface area (Å²) in [7, 11) is 0. The van der Waals surface area contributed by atoms with Crippen LogP contribution >= 0.6 is 0 Å². The van der Waals surface area contributed by atoms with Crippen LogP contribution in [0.15, 0.2) is 18.5 Å². The van der Waals surface area contributed by atoms with Crippen LogP contribution in [0.1, 0.15) is 25.3 Å². The predicted molar refractivity (Wildman–Crippen MR) is 58.0 cm³/mol. The largest absolute Gasteiger partial charge is 0.367 e. The summed E-state index contributed by atoms with van der Waals surface area (Å²) in [6, 6.07) is 1.94. The van der Waals surface area contributed by atoms with Crippen molar-refractivity contribution < 1.29 is 4.79 Å². The van der Waals surface area contributed by atoms with Crippen LogP contribution in [0.25, 0.3) is 0 Å². The third-order valence-electron chi connectivity index (χ3n) is 3.03. The van der Waals surface area contributed by atoms with Crippen LogP contribution in [-0.4, -0.2) is 16.4 Å². The Balaban J connectivity index is 1.86. The van der Waals surface area contributed by atoms with E-state index >= 15 is 0 Å². The average Bonchev–Trinajstić information content (AvgIpc) is 2.94. The lowest BCUT2D eigenvalue weighted by molar-refractivity contribution is -0.126. The van der Waals surface area contributed by atoms with Crippen molar-refractivity contribution in [2.75, 3.05) is 0 Å². The molecule has 0 aliphatic heterocycles. The lowest BCUT2D eigenvalue weighted by Gasteiger charge is -2.22. The summed E-state index contributed by atoms with van der Waals surface area (Å²) in [5, 5.41) is 2.86. The molecule has 0 spiro atoms. The number of amides is 1. The molecular formula is C11H17N3O. The van der Waals surface area contributed by atoms with E-state index in [2.05, 4.69) is 10.3 Å². The number of hydrogen-bond acceptors (Lipinski definition) is 2. The number of carbonyl (C=O) groups excluding carboxylic acids is 1. The molecule has 1 saturated carbocycles. The number of hydrogen-bond donors (Lipinski definition) is 3. The van der Waals surface area contributed by atoms with Crippen LogP contribution in [0.2, 0.25) is 0 Å². The molecule has 15 heavy (non-hydrogen) atoms. The van der Waals surface area contributed by atoms with E-state index in [1.807, 2.05) is 25.4 Å². The summed E-state index contributed by atoms with van der Waals surface area (Å²) in [6.45, 7) is 2.36. The van der Waals surface area contributed by atoms with Gasteiger partial charge in [0, 0.05) is 18.9 Å². The Bertz CT molecular complexity index is 339. The monoisotopic (exact) mass is 207 g/mol. The first-order chi connectivity index (χ1) is 7.10. The minimum atomic E-state index is -0.698. The number of aromatic nitrogens is 1. The summed E-state index contributed by atoms with van der Waals surface area (Å²) >= 11 is 0. The van der Waals surface area contributed by atoms with Gasteiger partial charge in [-0.3, -0.25) is 4.79 Å². The Labute approximate surface area is 89.2 Å². The number of nitrogens with one attached hydrogen (secondary N) is 2. The van der Waals surface area contributed by atoms with Crippen molar-refractivity contribution in [2.24, 2.45) is 11.7 Å². The van der Waals surface area contributed by atoms with Crippen molar-refractivity contribution in [1.82, 2.24) is 10.3 Å². The van der Waals surface area contributed by atoms with Crippen LogP contribution in [-0.2, 0) is 11.3 Å². The van der Waals surface area contributed by atoms with Gasteiger partial charge in [-0.2, -0.15) is 0 Å². The molecule has 1 aromatic rings.